The third-order valence-electron chi connectivity index (χ3n) is 6.58. The number of carbonyl (C=O) groups excluding carboxylic acids is 2. The molecular weight excluding hydrogens is 492 g/mol. The number of sulfone groups is 1. The van der Waals surface area contributed by atoms with Crippen LogP contribution >= 0.6 is 11.6 Å². The summed E-state index contributed by atoms with van der Waals surface area (Å²) in [5.41, 5.74) is 4.37. The lowest BCUT2D eigenvalue weighted by atomic mass is 9.96. The maximum absolute atomic E-state index is 13.2. The molecule has 2 bridgehead atoms. The standard InChI is InChI=1S/C24H29ClN4O5S/c1-24(2,34-19-8-5-15(25)10-20(19)35(3,32)33)23(31)28-16-11-17-6-7-18(12-16)29(17)21-9-4-14(13-27-21)22(26)30/h4-5,8-10,13,16-18H,6-7,11-12H2,1-3H3,(H2,26,30)(H,28,31)/t16?,17-,18+. The first kappa shape index (κ1) is 25.2. The molecule has 3 heterocycles. The van der Waals surface area contributed by atoms with Gasteiger partial charge in [-0.15, -0.1) is 0 Å². The molecule has 2 amide bonds. The zero-order valence-electron chi connectivity index (χ0n) is 19.8. The third kappa shape index (κ3) is 5.38. The lowest BCUT2D eigenvalue weighted by Crippen LogP contribution is -2.55. The van der Waals surface area contributed by atoms with E-state index < -0.39 is 21.3 Å². The number of ether oxygens (including phenoxy) is 1. The van der Waals surface area contributed by atoms with Gasteiger partial charge in [-0.05, 0) is 69.9 Å². The first-order valence-corrected chi connectivity index (χ1v) is 13.7. The average molecular weight is 521 g/mol. The van der Waals surface area contributed by atoms with E-state index in [1.807, 2.05) is 6.07 Å². The second-order valence-electron chi connectivity index (χ2n) is 9.68. The molecule has 11 heteroatoms. The number of fused-ring (bicyclic) bond motifs is 2. The van der Waals surface area contributed by atoms with Gasteiger partial charge in [-0.2, -0.15) is 0 Å². The molecule has 9 nitrogen and oxygen atoms in total. The summed E-state index contributed by atoms with van der Waals surface area (Å²) in [4.78, 5) is 31.1. The molecule has 1 aromatic carbocycles. The van der Waals surface area contributed by atoms with Crippen LogP contribution in [0.5, 0.6) is 5.75 Å². The van der Waals surface area contributed by atoms with Crippen molar-refractivity contribution in [3.63, 3.8) is 0 Å². The van der Waals surface area contributed by atoms with Crippen LogP contribution in [0.3, 0.4) is 0 Å². The van der Waals surface area contributed by atoms with E-state index in [2.05, 4.69) is 15.2 Å². The molecule has 2 aromatic rings. The zero-order chi connectivity index (χ0) is 25.5. The largest absolute Gasteiger partial charge is 0.477 e. The van der Waals surface area contributed by atoms with Crippen molar-refractivity contribution in [2.75, 3.05) is 11.2 Å². The summed E-state index contributed by atoms with van der Waals surface area (Å²) in [6, 6.07) is 8.17. The number of piperidine rings is 1. The monoisotopic (exact) mass is 520 g/mol. The minimum atomic E-state index is -3.61. The van der Waals surface area contributed by atoms with Crippen LogP contribution in [0.4, 0.5) is 5.82 Å². The van der Waals surface area contributed by atoms with Crippen LogP contribution in [0.1, 0.15) is 49.9 Å². The SMILES string of the molecule is CC(C)(Oc1ccc(Cl)cc1S(C)(=O)=O)C(=O)NC1C[C@H]2CC[C@@H](C1)N2c1ccc(C(N)=O)cn1. The van der Waals surface area contributed by atoms with Gasteiger partial charge in [0.05, 0.1) is 5.56 Å². The van der Waals surface area contributed by atoms with Crippen molar-refractivity contribution in [1.29, 1.82) is 0 Å². The smallest absolute Gasteiger partial charge is 0.263 e. The molecule has 35 heavy (non-hydrogen) atoms. The van der Waals surface area contributed by atoms with Crippen molar-refractivity contribution >= 4 is 39.1 Å². The number of carbonyl (C=O) groups is 2. The highest BCUT2D eigenvalue weighted by atomic mass is 35.5. The predicted octanol–water partition coefficient (Wildman–Crippen LogP) is 2.71. The number of amides is 2. The molecule has 4 rings (SSSR count). The van der Waals surface area contributed by atoms with E-state index >= 15 is 0 Å². The second-order valence-corrected chi connectivity index (χ2v) is 12.1. The zero-order valence-corrected chi connectivity index (χ0v) is 21.4. The number of anilines is 1. The van der Waals surface area contributed by atoms with Crippen molar-refractivity contribution in [3.05, 3.63) is 47.1 Å². The van der Waals surface area contributed by atoms with Crippen LogP contribution < -0.4 is 20.7 Å². The Bertz CT molecular complexity index is 1240. The minimum Gasteiger partial charge on any atom is -0.477 e. The van der Waals surface area contributed by atoms with Crippen LogP contribution in [0.2, 0.25) is 5.02 Å². The number of hydrogen-bond donors (Lipinski definition) is 2. The molecule has 3 atom stereocenters. The summed E-state index contributed by atoms with van der Waals surface area (Å²) >= 11 is 5.97. The maximum Gasteiger partial charge on any atom is 0.263 e. The minimum absolute atomic E-state index is 0.0522. The van der Waals surface area contributed by atoms with Crippen LogP contribution in [0, 0.1) is 0 Å². The Morgan fingerprint density at radius 2 is 1.83 bits per heavy atom. The summed E-state index contributed by atoms with van der Waals surface area (Å²) < 4.78 is 30.3. The van der Waals surface area contributed by atoms with Gasteiger partial charge in [0.15, 0.2) is 15.4 Å². The van der Waals surface area contributed by atoms with E-state index in [0.29, 0.717) is 5.56 Å². The van der Waals surface area contributed by atoms with Crippen molar-refractivity contribution in [2.45, 2.75) is 68.2 Å². The summed E-state index contributed by atoms with van der Waals surface area (Å²) in [6.07, 6.45) is 6.02. The highest BCUT2D eigenvalue weighted by Crippen LogP contribution is 2.39. The van der Waals surface area contributed by atoms with Crippen LogP contribution in [-0.4, -0.2) is 55.2 Å². The number of halogens is 1. The van der Waals surface area contributed by atoms with Gasteiger partial charge in [0.2, 0.25) is 5.91 Å². The molecule has 1 aromatic heterocycles. The molecule has 1 unspecified atom stereocenters. The number of aromatic nitrogens is 1. The fraction of sp³-hybridized carbons (Fsp3) is 0.458. The van der Waals surface area contributed by atoms with Crippen LogP contribution in [0.25, 0.3) is 0 Å². The van der Waals surface area contributed by atoms with E-state index in [-0.39, 0.29) is 39.7 Å². The molecule has 0 radical (unpaired) electrons. The fourth-order valence-electron chi connectivity index (χ4n) is 4.89. The number of nitrogens with zero attached hydrogens (tertiary/aromatic N) is 2. The van der Waals surface area contributed by atoms with Gasteiger partial charge in [0.1, 0.15) is 16.5 Å². The number of nitrogens with one attached hydrogen (secondary N) is 1. The summed E-state index contributed by atoms with van der Waals surface area (Å²) in [5, 5.41) is 3.36. The molecular formula is C24H29ClN4O5S. The highest BCUT2D eigenvalue weighted by Gasteiger charge is 2.43. The second kappa shape index (κ2) is 9.31. The van der Waals surface area contributed by atoms with Gasteiger partial charge < -0.3 is 20.7 Å². The van der Waals surface area contributed by atoms with Gasteiger partial charge in [-0.25, -0.2) is 13.4 Å². The van der Waals surface area contributed by atoms with E-state index in [1.54, 1.807) is 19.9 Å². The number of primary amides is 1. The highest BCUT2D eigenvalue weighted by molar-refractivity contribution is 7.90. The maximum atomic E-state index is 13.2. The predicted molar refractivity (Wildman–Crippen MR) is 132 cm³/mol. The summed E-state index contributed by atoms with van der Waals surface area (Å²) in [6.45, 7) is 3.22. The molecule has 2 fully saturated rings. The van der Waals surface area contributed by atoms with E-state index in [1.165, 1.54) is 24.4 Å². The van der Waals surface area contributed by atoms with Crippen LogP contribution in [0.15, 0.2) is 41.4 Å². The normalized spacial score (nSPS) is 22.1. The number of benzene rings is 1. The average Bonchev–Trinajstić information content (AvgIpc) is 3.04. The van der Waals surface area contributed by atoms with E-state index in [9.17, 15) is 18.0 Å². The van der Waals surface area contributed by atoms with Crippen LogP contribution in [-0.2, 0) is 14.6 Å². The first-order valence-electron chi connectivity index (χ1n) is 11.4. The van der Waals surface area contributed by atoms with Gasteiger partial charge in [0, 0.05) is 35.6 Å². The molecule has 3 N–H and O–H groups in total. The Kier molecular flexibility index (Phi) is 6.72. The molecule has 2 aliphatic rings. The molecule has 0 saturated carbocycles. The lowest BCUT2D eigenvalue weighted by Gasteiger charge is -2.40. The van der Waals surface area contributed by atoms with E-state index in [0.717, 1.165) is 37.8 Å². The van der Waals surface area contributed by atoms with E-state index in [4.69, 9.17) is 22.1 Å². The van der Waals surface area contributed by atoms with Crippen molar-refractivity contribution in [1.82, 2.24) is 10.3 Å². The Labute approximate surface area is 209 Å². The van der Waals surface area contributed by atoms with Gasteiger partial charge in [-0.3, -0.25) is 9.59 Å². The molecule has 0 spiro atoms. The lowest BCUT2D eigenvalue weighted by molar-refractivity contribution is -0.135. The Hall–Kier alpha value is -2.85. The van der Waals surface area contributed by atoms with Gasteiger partial charge in [-0.1, -0.05) is 11.6 Å². The molecule has 2 aliphatic heterocycles. The number of nitrogens with two attached hydrogens (primary N) is 1. The summed E-state index contributed by atoms with van der Waals surface area (Å²) in [5.74, 6) is 0.0404. The van der Waals surface area contributed by atoms with Crippen molar-refractivity contribution in [3.8, 4) is 5.75 Å². The van der Waals surface area contributed by atoms with Crippen molar-refractivity contribution in [2.24, 2.45) is 5.73 Å². The summed E-state index contributed by atoms with van der Waals surface area (Å²) in [7, 11) is -3.61. The molecule has 188 valence electrons. The van der Waals surface area contributed by atoms with Crippen molar-refractivity contribution < 1.29 is 22.7 Å². The third-order valence-corrected chi connectivity index (χ3v) is 7.94. The number of pyridine rings is 1. The Morgan fingerprint density at radius 1 is 1.17 bits per heavy atom. The topological polar surface area (TPSA) is 132 Å². The molecule has 2 saturated heterocycles. The molecule has 0 aliphatic carbocycles. The first-order chi connectivity index (χ1) is 16.3. The van der Waals surface area contributed by atoms with Gasteiger partial charge >= 0.3 is 0 Å². The van der Waals surface area contributed by atoms with Gasteiger partial charge in [0.25, 0.3) is 5.91 Å². The quantitative estimate of drug-likeness (QED) is 0.573. The number of hydrogen-bond acceptors (Lipinski definition) is 7. The fourth-order valence-corrected chi connectivity index (χ4v) is 5.94. The Balaban J connectivity index is 1.44. The number of rotatable bonds is 7. The Morgan fingerprint density at radius 3 is 2.37 bits per heavy atom.